The van der Waals surface area contributed by atoms with Crippen LogP contribution in [-0.2, 0) is 0 Å². The van der Waals surface area contributed by atoms with E-state index in [9.17, 15) is 36.0 Å². The maximum atomic E-state index is 12.8. The van der Waals surface area contributed by atoms with Crippen LogP contribution in [0.25, 0.3) is 0 Å². The van der Waals surface area contributed by atoms with E-state index in [1.54, 1.807) is 62.3 Å². The first-order valence-electron chi connectivity index (χ1n) is 11.0. The lowest BCUT2D eigenvalue weighted by Gasteiger charge is -2.37. The van der Waals surface area contributed by atoms with E-state index < -0.39 is 11.1 Å². The molecule has 0 radical (unpaired) electrons. The molecule has 0 aliphatic carbocycles. The van der Waals surface area contributed by atoms with Gasteiger partial charge in [-0.15, -0.1) is 5.23 Å². The molecule has 14 nitrogen and oxygen atoms in total. The largest absolute Gasteiger partial charge is 0.769 e. The minimum Gasteiger partial charge on any atom is -0.769 e. The zero-order valence-corrected chi connectivity index (χ0v) is 20.9. The molecule has 0 aliphatic rings. The number of anilines is 5. The monoisotopic (exact) mass is 524 g/mol. The van der Waals surface area contributed by atoms with Crippen molar-refractivity contribution < 1.29 is 20.4 Å². The Balaban J connectivity index is 2.15. The maximum absolute atomic E-state index is 12.8. The highest BCUT2D eigenvalue weighted by molar-refractivity contribution is 6.15. The zero-order valence-electron chi connectivity index (χ0n) is 20.9. The molecule has 3 rings (SSSR count). The highest BCUT2D eigenvalue weighted by Crippen LogP contribution is 2.32. The molecule has 0 bridgehead atoms. The van der Waals surface area contributed by atoms with E-state index in [4.69, 9.17) is 0 Å². The van der Waals surface area contributed by atoms with Gasteiger partial charge in [-0.2, -0.15) is 5.10 Å². The normalized spacial score (nSPS) is 11.2. The molecule has 0 saturated heterocycles. The Morgan fingerprint density at radius 1 is 0.737 bits per heavy atom. The van der Waals surface area contributed by atoms with Crippen LogP contribution in [0.2, 0.25) is 0 Å². The fourth-order valence-corrected chi connectivity index (χ4v) is 3.64. The molecule has 0 fully saturated rings. The number of benzene rings is 3. The molecule has 202 valence electrons. The van der Waals surface area contributed by atoms with Crippen LogP contribution in [0.1, 0.15) is 21.5 Å². The number of nitrogens with zero attached hydrogens (tertiary/aromatic N) is 6. The average molecular weight is 525 g/mol. The lowest BCUT2D eigenvalue weighted by molar-refractivity contribution is 0.0294. The number of hydrazone groups is 1. The third kappa shape index (κ3) is 6.27. The molecule has 0 aromatic heterocycles. The Labute approximate surface area is 218 Å². The molecule has 0 atom stereocenters. The van der Waals surface area contributed by atoms with Gasteiger partial charge in [-0.25, -0.2) is 5.43 Å². The maximum Gasteiger partial charge on any atom is 0.271 e. The number of amides is 1. The average Bonchev–Trinajstić information content (AvgIpc) is 2.88. The van der Waals surface area contributed by atoms with Crippen LogP contribution < -0.4 is 30.9 Å². The summed E-state index contributed by atoms with van der Waals surface area (Å²) in [6.45, 7) is 0. The number of hydrogen-bond donors (Lipinski definition) is 4. The SMILES string of the molecule is CN(C)c1ccc(C(=NNC(=O)c2cccc(N([O-])[O-])c2)c2ccc(N(C)C)c(N(O)O)c2)cc1N([O-])O. The summed E-state index contributed by atoms with van der Waals surface area (Å²) in [5, 5.41) is 66.5. The van der Waals surface area contributed by atoms with Gasteiger partial charge >= 0.3 is 0 Å². The zero-order chi connectivity index (χ0) is 28.1. The molecule has 3 aromatic carbocycles. The van der Waals surface area contributed by atoms with Crippen LogP contribution in [0.3, 0.4) is 0 Å². The van der Waals surface area contributed by atoms with Crippen LogP contribution in [-0.4, -0.2) is 55.4 Å². The molecule has 14 heteroatoms. The van der Waals surface area contributed by atoms with Gasteiger partial charge in [0.2, 0.25) is 0 Å². The van der Waals surface area contributed by atoms with Gasteiger partial charge in [0.1, 0.15) is 5.69 Å². The topological polar surface area (TPSA) is 188 Å². The summed E-state index contributed by atoms with van der Waals surface area (Å²) in [6.07, 6.45) is 0. The van der Waals surface area contributed by atoms with Crippen molar-refractivity contribution in [1.29, 1.82) is 0 Å². The van der Waals surface area contributed by atoms with Crippen molar-refractivity contribution in [3.8, 4) is 0 Å². The number of nitrogens with one attached hydrogen (secondary N) is 1. The first kappa shape index (κ1) is 28.1. The molecule has 38 heavy (non-hydrogen) atoms. The molecule has 0 saturated carbocycles. The lowest BCUT2D eigenvalue weighted by atomic mass is 10.00. The highest BCUT2D eigenvalue weighted by Gasteiger charge is 2.18. The summed E-state index contributed by atoms with van der Waals surface area (Å²) in [7, 11) is 6.76. The summed E-state index contributed by atoms with van der Waals surface area (Å²) in [5.41, 5.74) is 3.44. The minimum atomic E-state index is -0.750. The first-order chi connectivity index (χ1) is 17.9. The number of rotatable bonds is 9. The van der Waals surface area contributed by atoms with Crippen molar-refractivity contribution in [3.05, 3.63) is 93.0 Å². The van der Waals surface area contributed by atoms with Crippen molar-refractivity contribution >= 4 is 40.1 Å². The van der Waals surface area contributed by atoms with E-state index in [0.717, 1.165) is 6.07 Å². The standard InChI is InChI=1S/C24H26N7O7/c1-27(2)19-10-8-15(13-21(19)30(35)36)23(16-9-11-20(28(3)4)22(14-16)31(37)38)25-26-24(32)17-6-5-7-18(12-17)29(33)34/h5-14,35-37H,1-4H3,(H,26,32)/q-3. The molecule has 1 amide bonds. The smallest absolute Gasteiger partial charge is 0.271 e. The summed E-state index contributed by atoms with van der Waals surface area (Å²) < 4.78 is 0. The van der Waals surface area contributed by atoms with E-state index in [-0.39, 0.29) is 44.4 Å². The van der Waals surface area contributed by atoms with Crippen molar-refractivity contribution in [1.82, 2.24) is 5.43 Å². The van der Waals surface area contributed by atoms with E-state index in [0.29, 0.717) is 16.9 Å². The third-order valence-electron chi connectivity index (χ3n) is 5.47. The first-order valence-corrected chi connectivity index (χ1v) is 11.0. The van der Waals surface area contributed by atoms with Crippen LogP contribution >= 0.6 is 0 Å². The Hall–Kier alpha value is -4.44. The van der Waals surface area contributed by atoms with Gasteiger partial charge in [0.25, 0.3) is 5.91 Å². The summed E-state index contributed by atoms with van der Waals surface area (Å²) >= 11 is 0. The van der Waals surface area contributed by atoms with E-state index in [1.807, 2.05) is 0 Å². The fourth-order valence-electron chi connectivity index (χ4n) is 3.64. The van der Waals surface area contributed by atoms with Crippen molar-refractivity contribution in [2.24, 2.45) is 5.10 Å². The Morgan fingerprint density at radius 2 is 1.29 bits per heavy atom. The third-order valence-corrected chi connectivity index (χ3v) is 5.47. The van der Waals surface area contributed by atoms with Crippen molar-refractivity contribution in [2.75, 3.05) is 53.7 Å². The molecule has 4 N–H and O–H groups in total. The predicted molar refractivity (Wildman–Crippen MR) is 144 cm³/mol. The number of carbonyl (C=O) groups excluding carboxylic acids is 1. The van der Waals surface area contributed by atoms with E-state index >= 15 is 0 Å². The molecule has 0 aliphatic heterocycles. The van der Waals surface area contributed by atoms with Gasteiger partial charge in [-0.05, 0) is 42.5 Å². The quantitative estimate of drug-likeness (QED) is 0.237. The summed E-state index contributed by atoms with van der Waals surface area (Å²) in [4.78, 5) is 16.0. The van der Waals surface area contributed by atoms with Gasteiger partial charge in [0.05, 0.1) is 22.8 Å². The molecule has 0 unspecified atom stereocenters. The molecule has 3 aromatic rings. The second-order valence-corrected chi connectivity index (χ2v) is 8.47. The summed E-state index contributed by atoms with van der Waals surface area (Å²) in [5.74, 6) is -0.750. The lowest BCUT2D eigenvalue weighted by Crippen LogP contribution is -2.22. The Morgan fingerprint density at radius 3 is 1.79 bits per heavy atom. The second kappa shape index (κ2) is 11.7. The molecular formula is C24H26N7O7-3. The highest BCUT2D eigenvalue weighted by atomic mass is 16.8. The summed E-state index contributed by atoms with van der Waals surface area (Å²) in [6, 6.07) is 14.1. The Bertz CT molecular complexity index is 1260. The van der Waals surface area contributed by atoms with Gasteiger partial charge in [0, 0.05) is 50.6 Å². The molecular weight excluding hydrogens is 498 g/mol. The van der Waals surface area contributed by atoms with E-state index in [2.05, 4.69) is 10.5 Å². The van der Waals surface area contributed by atoms with Gasteiger partial charge in [-0.1, -0.05) is 18.2 Å². The molecule has 0 heterocycles. The van der Waals surface area contributed by atoms with Gasteiger partial charge in [0.15, 0.2) is 0 Å². The minimum absolute atomic E-state index is 0.0112. The van der Waals surface area contributed by atoms with Crippen LogP contribution in [0.4, 0.5) is 28.4 Å². The number of carbonyl (C=O) groups is 1. The van der Waals surface area contributed by atoms with Gasteiger partial charge in [-0.3, -0.25) is 20.4 Å². The van der Waals surface area contributed by atoms with E-state index in [1.165, 1.54) is 30.3 Å². The van der Waals surface area contributed by atoms with Crippen molar-refractivity contribution in [2.45, 2.75) is 0 Å². The predicted octanol–water partition coefficient (Wildman–Crippen LogP) is 3.08. The molecule has 0 spiro atoms. The van der Waals surface area contributed by atoms with Crippen molar-refractivity contribution in [3.63, 3.8) is 0 Å². The van der Waals surface area contributed by atoms with Crippen LogP contribution in [0, 0.1) is 15.6 Å². The fraction of sp³-hybridized carbons (Fsp3) is 0.167. The van der Waals surface area contributed by atoms with Crippen LogP contribution in [0.5, 0.6) is 0 Å². The van der Waals surface area contributed by atoms with Gasteiger partial charge < -0.3 is 35.9 Å². The second-order valence-electron chi connectivity index (χ2n) is 8.47. The Kier molecular flexibility index (Phi) is 8.69. The number of hydrogen-bond acceptors (Lipinski definition) is 13. The van der Waals surface area contributed by atoms with Crippen LogP contribution in [0.15, 0.2) is 65.8 Å².